The fraction of sp³-hybridized carbons (Fsp3) is 0.300. The number of aromatic carboxylic acids is 1. The van der Waals surface area contributed by atoms with Crippen molar-refractivity contribution >= 4 is 11.9 Å². The number of ether oxygens (including phenoxy) is 1. The van der Waals surface area contributed by atoms with Crippen LogP contribution in [0.4, 0.5) is 0 Å². The van der Waals surface area contributed by atoms with Gasteiger partial charge in [-0.2, -0.15) is 0 Å². The van der Waals surface area contributed by atoms with Crippen LogP contribution in [0.1, 0.15) is 41.3 Å². The van der Waals surface area contributed by atoms with Crippen molar-refractivity contribution in [2.24, 2.45) is 0 Å². The van der Waals surface area contributed by atoms with E-state index in [2.05, 4.69) is 19.2 Å². The van der Waals surface area contributed by atoms with Crippen molar-refractivity contribution in [3.05, 3.63) is 65.2 Å². The zero-order chi connectivity index (χ0) is 18.2. The smallest absolute Gasteiger partial charge is 0.335 e. The van der Waals surface area contributed by atoms with E-state index in [9.17, 15) is 9.59 Å². The Bertz CT molecular complexity index is 723. The average Bonchev–Trinajstić information content (AvgIpc) is 2.59. The molecule has 0 spiro atoms. The Kier molecular flexibility index (Phi) is 6.57. The number of carboxylic acid groups (broad SMARTS) is 1. The molecule has 0 saturated heterocycles. The van der Waals surface area contributed by atoms with Crippen LogP contribution in [-0.4, -0.2) is 30.1 Å². The molecule has 0 radical (unpaired) electrons. The number of carbonyl (C=O) groups excluding carboxylic acids is 1. The maximum absolute atomic E-state index is 11.9. The van der Waals surface area contributed by atoms with E-state index in [0.717, 1.165) is 16.9 Å². The molecule has 2 N–H and O–H groups in total. The van der Waals surface area contributed by atoms with Gasteiger partial charge in [0.25, 0.3) is 0 Å². The summed E-state index contributed by atoms with van der Waals surface area (Å²) in [4.78, 5) is 22.7. The van der Waals surface area contributed by atoms with Crippen molar-refractivity contribution < 1.29 is 19.4 Å². The van der Waals surface area contributed by atoms with Crippen LogP contribution in [0.5, 0.6) is 5.75 Å². The predicted molar refractivity (Wildman–Crippen MR) is 96.1 cm³/mol. The van der Waals surface area contributed by atoms with E-state index in [0.29, 0.717) is 19.1 Å². The number of hydrogen-bond acceptors (Lipinski definition) is 3. The molecule has 5 nitrogen and oxygen atoms in total. The van der Waals surface area contributed by atoms with E-state index in [1.165, 1.54) is 12.1 Å². The van der Waals surface area contributed by atoms with Gasteiger partial charge in [0.05, 0.1) is 18.5 Å². The third-order valence-corrected chi connectivity index (χ3v) is 3.79. The number of amides is 1. The standard InChI is InChI=1S/C20H23NO4/c1-14(2)17-5-3-4-6-18(17)25-12-11-21-19(22)13-15-7-9-16(10-8-15)20(23)24/h3-10,14H,11-13H2,1-2H3,(H,21,22)(H,23,24). The number of carboxylic acids is 1. The summed E-state index contributed by atoms with van der Waals surface area (Å²) in [5.41, 5.74) is 2.13. The van der Waals surface area contributed by atoms with Gasteiger partial charge in [-0.1, -0.05) is 44.2 Å². The number of nitrogens with one attached hydrogen (secondary N) is 1. The van der Waals surface area contributed by atoms with Crippen LogP contribution in [0.25, 0.3) is 0 Å². The minimum absolute atomic E-state index is 0.121. The largest absolute Gasteiger partial charge is 0.491 e. The third kappa shape index (κ3) is 5.64. The van der Waals surface area contributed by atoms with Crippen molar-refractivity contribution in [3.8, 4) is 5.75 Å². The summed E-state index contributed by atoms with van der Waals surface area (Å²) in [5, 5.41) is 11.7. The summed E-state index contributed by atoms with van der Waals surface area (Å²) in [5.74, 6) is 0.120. The molecule has 5 heteroatoms. The third-order valence-electron chi connectivity index (χ3n) is 3.79. The molecule has 0 fully saturated rings. The lowest BCUT2D eigenvalue weighted by Crippen LogP contribution is -2.29. The highest BCUT2D eigenvalue weighted by molar-refractivity contribution is 5.87. The second-order valence-electron chi connectivity index (χ2n) is 6.07. The number of para-hydroxylation sites is 1. The first-order valence-electron chi connectivity index (χ1n) is 8.28. The van der Waals surface area contributed by atoms with Gasteiger partial charge in [-0.05, 0) is 35.2 Å². The summed E-state index contributed by atoms with van der Waals surface area (Å²) in [6, 6.07) is 14.2. The molecule has 0 aliphatic heterocycles. The highest BCUT2D eigenvalue weighted by Gasteiger charge is 2.08. The van der Waals surface area contributed by atoms with Crippen molar-refractivity contribution in [1.29, 1.82) is 0 Å². The maximum Gasteiger partial charge on any atom is 0.335 e. The molecular weight excluding hydrogens is 318 g/mol. The van der Waals surface area contributed by atoms with E-state index in [1.54, 1.807) is 12.1 Å². The van der Waals surface area contributed by atoms with Gasteiger partial charge >= 0.3 is 5.97 Å². The Balaban J connectivity index is 1.76. The Labute approximate surface area is 147 Å². The topological polar surface area (TPSA) is 75.6 Å². The molecule has 132 valence electrons. The monoisotopic (exact) mass is 341 g/mol. The minimum Gasteiger partial charge on any atom is -0.491 e. The van der Waals surface area contributed by atoms with Crippen LogP contribution in [0.2, 0.25) is 0 Å². The normalized spacial score (nSPS) is 10.5. The van der Waals surface area contributed by atoms with E-state index < -0.39 is 5.97 Å². The first-order chi connectivity index (χ1) is 12.0. The van der Waals surface area contributed by atoms with Gasteiger partial charge in [0.15, 0.2) is 0 Å². The van der Waals surface area contributed by atoms with E-state index in [1.807, 2.05) is 24.3 Å². The molecule has 2 aromatic carbocycles. The predicted octanol–water partition coefficient (Wildman–Crippen LogP) is 3.25. The molecule has 0 bridgehead atoms. The fourth-order valence-corrected chi connectivity index (χ4v) is 2.45. The lowest BCUT2D eigenvalue weighted by atomic mass is 10.0. The number of hydrogen-bond donors (Lipinski definition) is 2. The molecular formula is C20H23NO4. The summed E-state index contributed by atoms with van der Waals surface area (Å²) >= 11 is 0. The summed E-state index contributed by atoms with van der Waals surface area (Å²) in [7, 11) is 0. The van der Waals surface area contributed by atoms with Gasteiger partial charge in [0, 0.05) is 0 Å². The molecule has 0 aliphatic carbocycles. The van der Waals surface area contributed by atoms with Gasteiger partial charge < -0.3 is 15.2 Å². The van der Waals surface area contributed by atoms with Crippen LogP contribution < -0.4 is 10.1 Å². The summed E-state index contributed by atoms with van der Waals surface area (Å²) in [6.07, 6.45) is 0.211. The van der Waals surface area contributed by atoms with Crippen LogP contribution in [-0.2, 0) is 11.2 Å². The van der Waals surface area contributed by atoms with Crippen molar-refractivity contribution in [2.75, 3.05) is 13.2 Å². The maximum atomic E-state index is 11.9. The lowest BCUT2D eigenvalue weighted by Gasteiger charge is -2.14. The summed E-state index contributed by atoms with van der Waals surface area (Å²) < 4.78 is 5.76. The molecule has 2 aromatic rings. The Morgan fingerprint density at radius 1 is 1.08 bits per heavy atom. The molecule has 0 saturated carbocycles. The highest BCUT2D eigenvalue weighted by atomic mass is 16.5. The molecule has 0 aliphatic rings. The van der Waals surface area contributed by atoms with Crippen molar-refractivity contribution in [2.45, 2.75) is 26.2 Å². The van der Waals surface area contributed by atoms with Gasteiger partial charge in [-0.3, -0.25) is 4.79 Å². The molecule has 1 amide bonds. The first kappa shape index (κ1) is 18.5. The molecule has 2 rings (SSSR count). The van der Waals surface area contributed by atoms with Gasteiger partial charge in [-0.25, -0.2) is 4.79 Å². The first-order valence-corrected chi connectivity index (χ1v) is 8.28. The zero-order valence-corrected chi connectivity index (χ0v) is 14.5. The molecule has 0 unspecified atom stereocenters. The molecule has 0 atom stereocenters. The summed E-state index contributed by atoms with van der Waals surface area (Å²) in [6.45, 7) is 5.03. The average molecular weight is 341 g/mol. The van der Waals surface area contributed by atoms with E-state index >= 15 is 0 Å². The number of benzene rings is 2. The van der Waals surface area contributed by atoms with Crippen molar-refractivity contribution in [1.82, 2.24) is 5.32 Å². The Morgan fingerprint density at radius 2 is 1.76 bits per heavy atom. The van der Waals surface area contributed by atoms with Crippen molar-refractivity contribution in [3.63, 3.8) is 0 Å². The minimum atomic E-state index is -0.977. The van der Waals surface area contributed by atoms with Gasteiger partial charge in [-0.15, -0.1) is 0 Å². The Morgan fingerprint density at radius 3 is 2.40 bits per heavy atom. The van der Waals surface area contributed by atoms with E-state index in [4.69, 9.17) is 9.84 Å². The highest BCUT2D eigenvalue weighted by Crippen LogP contribution is 2.25. The molecule has 25 heavy (non-hydrogen) atoms. The quantitative estimate of drug-likeness (QED) is 0.723. The zero-order valence-electron chi connectivity index (χ0n) is 14.5. The van der Waals surface area contributed by atoms with Crippen LogP contribution in [0, 0.1) is 0 Å². The second kappa shape index (κ2) is 8.87. The lowest BCUT2D eigenvalue weighted by molar-refractivity contribution is -0.120. The number of carbonyl (C=O) groups is 2. The molecule has 0 heterocycles. The SMILES string of the molecule is CC(C)c1ccccc1OCCNC(=O)Cc1ccc(C(=O)O)cc1. The van der Waals surface area contributed by atoms with Gasteiger partial charge in [0.1, 0.15) is 12.4 Å². The second-order valence-corrected chi connectivity index (χ2v) is 6.07. The van der Waals surface area contributed by atoms with Gasteiger partial charge in [0.2, 0.25) is 5.91 Å². The Hall–Kier alpha value is -2.82. The van der Waals surface area contributed by atoms with Crippen LogP contribution in [0.15, 0.2) is 48.5 Å². The van der Waals surface area contributed by atoms with E-state index in [-0.39, 0.29) is 17.9 Å². The van der Waals surface area contributed by atoms with Crippen LogP contribution >= 0.6 is 0 Å². The fourth-order valence-electron chi connectivity index (χ4n) is 2.45. The number of rotatable bonds is 8. The molecule has 0 aromatic heterocycles. The van der Waals surface area contributed by atoms with Crippen LogP contribution in [0.3, 0.4) is 0 Å².